The van der Waals surface area contributed by atoms with E-state index in [1.165, 1.54) is 30.1 Å². The van der Waals surface area contributed by atoms with Gasteiger partial charge in [0.2, 0.25) is 5.88 Å². The molecular weight excluding hydrogens is 286 g/mol. The molecule has 2 heterocycles. The van der Waals surface area contributed by atoms with Gasteiger partial charge in [0, 0.05) is 6.07 Å². The Morgan fingerprint density at radius 1 is 1.20 bits per heavy atom. The van der Waals surface area contributed by atoms with Crippen molar-refractivity contribution in [1.82, 2.24) is 19.5 Å². The van der Waals surface area contributed by atoms with E-state index in [1.54, 1.807) is 0 Å². The second-order valence-corrected chi connectivity index (χ2v) is 4.36. The molecule has 0 saturated carbocycles. The van der Waals surface area contributed by atoms with E-state index in [1.807, 2.05) is 0 Å². The number of aromatic nitrogens is 4. The predicted octanol–water partition coefficient (Wildman–Crippen LogP) is 2.76. The average molecular weight is 294 g/mol. The molecule has 5 nitrogen and oxygen atoms in total. The number of nitrogens with one attached hydrogen (secondary N) is 1. The smallest absolute Gasteiger partial charge is 0.242 e. The third-order valence-electron chi connectivity index (χ3n) is 2.74. The number of halogens is 2. The number of ether oxygens (including phenoxy) is 1. The number of imidazole rings is 1. The summed E-state index contributed by atoms with van der Waals surface area (Å²) in [6, 6.07) is 3.12. The molecule has 2 aromatic heterocycles. The fourth-order valence-electron chi connectivity index (χ4n) is 1.96. The van der Waals surface area contributed by atoms with Crippen LogP contribution in [0.1, 0.15) is 0 Å². The van der Waals surface area contributed by atoms with E-state index in [2.05, 4.69) is 15.0 Å². The summed E-state index contributed by atoms with van der Waals surface area (Å²) in [7, 11) is 1.46. The quantitative estimate of drug-likeness (QED) is 0.738. The van der Waals surface area contributed by atoms with Crippen LogP contribution in [0.4, 0.5) is 8.78 Å². The predicted molar refractivity (Wildman–Crippen MR) is 70.5 cm³/mol. The van der Waals surface area contributed by atoms with Crippen LogP contribution < -0.4 is 4.74 Å². The molecule has 102 valence electrons. The number of H-pyrrole nitrogens is 1. The van der Waals surface area contributed by atoms with E-state index < -0.39 is 11.6 Å². The van der Waals surface area contributed by atoms with Crippen molar-refractivity contribution < 1.29 is 13.5 Å². The molecule has 0 saturated heterocycles. The van der Waals surface area contributed by atoms with Crippen LogP contribution >= 0.6 is 12.2 Å². The Morgan fingerprint density at radius 3 is 2.55 bits per heavy atom. The minimum atomic E-state index is -0.697. The molecule has 20 heavy (non-hydrogen) atoms. The Balaban J connectivity index is 2.36. The molecule has 0 atom stereocenters. The Morgan fingerprint density at radius 2 is 1.90 bits per heavy atom. The number of fused-ring (bicyclic) bond motifs is 1. The zero-order valence-electron chi connectivity index (χ0n) is 10.2. The second kappa shape index (κ2) is 4.64. The van der Waals surface area contributed by atoms with Crippen molar-refractivity contribution in [1.29, 1.82) is 0 Å². The molecule has 0 bridgehead atoms. The van der Waals surface area contributed by atoms with Gasteiger partial charge >= 0.3 is 0 Å². The van der Waals surface area contributed by atoms with Crippen molar-refractivity contribution in [3.05, 3.63) is 40.9 Å². The van der Waals surface area contributed by atoms with Crippen LogP contribution in [-0.4, -0.2) is 26.6 Å². The van der Waals surface area contributed by atoms with Gasteiger partial charge in [0.15, 0.2) is 10.4 Å². The maximum atomic E-state index is 13.3. The third kappa shape index (κ3) is 1.94. The summed E-state index contributed by atoms with van der Waals surface area (Å²) >= 11 is 5.17. The largest absolute Gasteiger partial charge is 0.479 e. The van der Waals surface area contributed by atoms with Crippen LogP contribution in [0, 0.1) is 16.4 Å². The number of hydrogen-bond acceptors (Lipinski definition) is 4. The number of benzene rings is 1. The van der Waals surface area contributed by atoms with Gasteiger partial charge < -0.3 is 9.72 Å². The van der Waals surface area contributed by atoms with Crippen molar-refractivity contribution in [2.24, 2.45) is 0 Å². The minimum Gasteiger partial charge on any atom is -0.479 e. The Kier molecular flexibility index (Phi) is 2.94. The fourth-order valence-corrected chi connectivity index (χ4v) is 2.26. The first kappa shape index (κ1) is 12.7. The maximum Gasteiger partial charge on any atom is 0.242 e. The summed E-state index contributed by atoms with van der Waals surface area (Å²) in [6.45, 7) is 0. The summed E-state index contributed by atoms with van der Waals surface area (Å²) in [6.07, 6.45) is 1.29. The molecule has 0 radical (unpaired) electrons. The third-order valence-corrected chi connectivity index (χ3v) is 3.02. The van der Waals surface area contributed by atoms with Crippen LogP contribution in [0.2, 0.25) is 0 Å². The summed E-state index contributed by atoms with van der Waals surface area (Å²) in [5.74, 6) is -1.09. The number of methoxy groups -OCH3 is 1. The summed E-state index contributed by atoms with van der Waals surface area (Å²) in [5, 5.41) is 0. The van der Waals surface area contributed by atoms with Gasteiger partial charge in [-0.15, -0.1) is 0 Å². The molecule has 0 unspecified atom stereocenters. The zero-order chi connectivity index (χ0) is 14.3. The highest BCUT2D eigenvalue weighted by Gasteiger charge is 2.14. The SMILES string of the molecule is COc1ncnc2c1[nH]c(=S)n2-c1cc(F)cc(F)c1. The molecule has 3 aromatic rings. The van der Waals surface area contributed by atoms with Crippen molar-refractivity contribution in [3.8, 4) is 11.6 Å². The molecule has 0 fully saturated rings. The van der Waals surface area contributed by atoms with Gasteiger partial charge in [-0.25, -0.2) is 13.8 Å². The molecule has 0 aliphatic heterocycles. The second-order valence-electron chi connectivity index (χ2n) is 3.97. The molecule has 0 spiro atoms. The molecule has 3 rings (SSSR count). The van der Waals surface area contributed by atoms with Crippen molar-refractivity contribution in [2.45, 2.75) is 0 Å². The van der Waals surface area contributed by atoms with E-state index >= 15 is 0 Å². The molecule has 8 heteroatoms. The lowest BCUT2D eigenvalue weighted by Crippen LogP contribution is -1.98. The van der Waals surface area contributed by atoms with Crippen molar-refractivity contribution in [2.75, 3.05) is 7.11 Å². The first-order chi connectivity index (χ1) is 9.60. The van der Waals surface area contributed by atoms with Gasteiger partial charge in [-0.3, -0.25) is 4.57 Å². The van der Waals surface area contributed by atoms with E-state index in [4.69, 9.17) is 17.0 Å². The molecule has 0 aliphatic rings. The molecule has 0 amide bonds. The summed E-state index contributed by atoms with van der Waals surface area (Å²) < 4.78 is 33.4. The van der Waals surface area contributed by atoms with Gasteiger partial charge in [-0.1, -0.05) is 0 Å². The number of rotatable bonds is 2. The molecule has 1 aromatic carbocycles. The Labute approximate surface area is 116 Å². The number of nitrogens with zero attached hydrogens (tertiary/aromatic N) is 3. The van der Waals surface area contributed by atoms with E-state index in [0.29, 0.717) is 17.0 Å². The lowest BCUT2D eigenvalue weighted by Gasteiger charge is -2.05. The highest BCUT2D eigenvalue weighted by molar-refractivity contribution is 7.71. The van der Waals surface area contributed by atoms with Gasteiger partial charge in [0.1, 0.15) is 23.5 Å². The van der Waals surface area contributed by atoms with Gasteiger partial charge in [-0.2, -0.15) is 4.98 Å². The van der Waals surface area contributed by atoms with Crippen molar-refractivity contribution in [3.63, 3.8) is 0 Å². The minimum absolute atomic E-state index is 0.236. The fraction of sp³-hybridized carbons (Fsp3) is 0.0833. The first-order valence-electron chi connectivity index (χ1n) is 5.56. The van der Waals surface area contributed by atoms with Crippen LogP contribution in [0.25, 0.3) is 16.9 Å². The average Bonchev–Trinajstić information content (AvgIpc) is 2.73. The number of hydrogen-bond donors (Lipinski definition) is 1. The van der Waals surface area contributed by atoms with E-state index in [-0.39, 0.29) is 10.5 Å². The monoisotopic (exact) mass is 294 g/mol. The summed E-state index contributed by atoms with van der Waals surface area (Å²) in [5.41, 5.74) is 1.08. The topological polar surface area (TPSA) is 55.7 Å². The number of aromatic amines is 1. The molecule has 1 N–H and O–H groups in total. The Bertz CT molecular complexity index is 838. The highest BCUT2D eigenvalue weighted by Crippen LogP contribution is 2.24. The van der Waals surface area contributed by atoms with Gasteiger partial charge in [-0.05, 0) is 24.4 Å². The molecular formula is C12H8F2N4OS. The van der Waals surface area contributed by atoms with Crippen LogP contribution in [0.3, 0.4) is 0 Å². The maximum absolute atomic E-state index is 13.3. The zero-order valence-corrected chi connectivity index (χ0v) is 11.0. The normalized spacial score (nSPS) is 10.9. The van der Waals surface area contributed by atoms with Gasteiger partial charge in [0.05, 0.1) is 12.8 Å². The van der Waals surface area contributed by atoms with E-state index in [9.17, 15) is 8.78 Å². The van der Waals surface area contributed by atoms with Crippen LogP contribution in [-0.2, 0) is 0 Å². The van der Waals surface area contributed by atoms with Crippen molar-refractivity contribution >= 4 is 23.4 Å². The standard InChI is InChI=1S/C12H8F2N4OS/c1-19-11-9-10(15-5-16-11)18(12(20)17-9)8-3-6(13)2-7(14)4-8/h2-5H,1H3,(H,17,20). The van der Waals surface area contributed by atoms with Crippen LogP contribution in [0.5, 0.6) is 5.88 Å². The highest BCUT2D eigenvalue weighted by atomic mass is 32.1. The van der Waals surface area contributed by atoms with Crippen LogP contribution in [0.15, 0.2) is 24.5 Å². The molecule has 0 aliphatic carbocycles. The van der Waals surface area contributed by atoms with Gasteiger partial charge in [0.25, 0.3) is 0 Å². The van der Waals surface area contributed by atoms with E-state index in [0.717, 1.165) is 6.07 Å². The lowest BCUT2D eigenvalue weighted by molar-refractivity contribution is 0.401. The lowest BCUT2D eigenvalue weighted by atomic mass is 10.3. The Hall–Kier alpha value is -2.35. The first-order valence-corrected chi connectivity index (χ1v) is 5.97. The summed E-state index contributed by atoms with van der Waals surface area (Å²) in [4.78, 5) is 10.9.